The van der Waals surface area contributed by atoms with Gasteiger partial charge in [-0.15, -0.1) is 0 Å². The molecular weight excluding hydrogens is 429 g/mol. The first-order valence-corrected chi connectivity index (χ1v) is 8.70. The van der Waals surface area contributed by atoms with Crippen LogP contribution in [0.25, 0.3) is 0 Å². The Bertz CT molecular complexity index is 962. The molecule has 0 unspecified atom stereocenters. The van der Waals surface area contributed by atoms with E-state index in [2.05, 4.69) is 15.4 Å². The van der Waals surface area contributed by atoms with E-state index < -0.39 is 47.5 Å². The number of anilines is 2. The summed E-state index contributed by atoms with van der Waals surface area (Å²) in [5.74, 6) is -1.35. The van der Waals surface area contributed by atoms with Gasteiger partial charge in [0.25, 0.3) is 0 Å². The van der Waals surface area contributed by atoms with Gasteiger partial charge in [-0.3, -0.25) is 10.1 Å². The second-order valence-electron chi connectivity index (χ2n) is 5.96. The molecule has 0 saturated heterocycles. The third kappa shape index (κ3) is 6.11. The van der Waals surface area contributed by atoms with Crippen molar-refractivity contribution in [3.8, 4) is 5.75 Å². The molecule has 0 aromatic heterocycles. The summed E-state index contributed by atoms with van der Waals surface area (Å²) in [5.41, 5.74) is -2.57. The van der Waals surface area contributed by atoms with Crippen molar-refractivity contribution in [2.75, 3.05) is 24.3 Å². The van der Waals surface area contributed by atoms with Crippen LogP contribution in [0.2, 0.25) is 5.02 Å². The summed E-state index contributed by atoms with van der Waals surface area (Å²) in [7, 11) is 1.03. The Morgan fingerprint density at radius 3 is 2.23 bits per heavy atom. The molecule has 0 aliphatic rings. The number of halogens is 4. The molecule has 0 atom stereocenters. The fraction of sp³-hybridized carbons (Fsp3) is 0.211. The number of ketones is 1. The van der Waals surface area contributed by atoms with Crippen LogP contribution in [0, 0.1) is 0 Å². The van der Waals surface area contributed by atoms with Gasteiger partial charge < -0.3 is 14.8 Å². The molecule has 0 radical (unpaired) electrons. The summed E-state index contributed by atoms with van der Waals surface area (Å²) in [6, 6.07) is 7.04. The fourth-order valence-corrected chi connectivity index (χ4v) is 2.45. The maximum Gasteiger partial charge on any atom is 0.418 e. The Balaban J connectivity index is 2.42. The van der Waals surface area contributed by atoms with Gasteiger partial charge in [0, 0.05) is 10.7 Å². The molecule has 11 heteroatoms. The van der Waals surface area contributed by atoms with Gasteiger partial charge >= 0.3 is 18.2 Å². The molecule has 0 spiro atoms. The third-order valence-electron chi connectivity index (χ3n) is 3.66. The highest BCUT2D eigenvalue weighted by molar-refractivity contribution is 6.30. The summed E-state index contributed by atoms with van der Waals surface area (Å²) in [4.78, 5) is 35.3. The Labute approximate surface area is 174 Å². The molecule has 7 nitrogen and oxygen atoms in total. The average molecular weight is 445 g/mol. The lowest BCUT2D eigenvalue weighted by Gasteiger charge is -2.18. The first-order chi connectivity index (χ1) is 14.0. The summed E-state index contributed by atoms with van der Waals surface area (Å²) < 4.78 is 50.0. The SMILES string of the molecule is COC(=O)c1cc(NCC(C)=O)c(C(F)(F)F)cc1NC(=O)Oc1ccc(Cl)cc1. The van der Waals surface area contributed by atoms with E-state index in [0.29, 0.717) is 11.1 Å². The minimum absolute atomic E-state index is 0.0762. The highest BCUT2D eigenvalue weighted by Crippen LogP contribution is 2.38. The highest BCUT2D eigenvalue weighted by atomic mass is 35.5. The number of carbonyl (C=O) groups excluding carboxylic acids is 3. The van der Waals surface area contributed by atoms with Crippen LogP contribution < -0.4 is 15.4 Å². The van der Waals surface area contributed by atoms with Crippen LogP contribution in [-0.2, 0) is 15.7 Å². The van der Waals surface area contributed by atoms with E-state index >= 15 is 0 Å². The molecule has 0 aliphatic heterocycles. The Morgan fingerprint density at radius 1 is 1.07 bits per heavy atom. The number of hydrogen-bond acceptors (Lipinski definition) is 6. The van der Waals surface area contributed by atoms with Gasteiger partial charge in [-0.1, -0.05) is 11.6 Å². The topological polar surface area (TPSA) is 93.7 Å². The lowest BCUT2D eigenvalue weighted by atomic mass is 10.1. The molecule has 30 heavy (non-hydrogen) atoms. The molecule has 2 aromatic rings. The number of hydrogen-bond donors (Lipinski definition) is 2. The zero-order valence-corrected chi connectivity index (χ0v) is 16.5. The number of esters is 1. The molecular formula is C19H16ClF3N2O5. The monoisotopic (exact) mass is 444 g/mol. The van der Waals surface area contributed by atoms with Crippen LogP contribution >= 0.6 is 11.6 Å². The van der Waals surface area contributed by atoms with Crippen molar-refractivity contribution >= 4 is 40.8 Å². The molecule has 0 bridgehead atoms. The second-order valence-corrected chi connectivity index (χ2v) is 6.39. The molecule has 0 heterocycles. The van der Waals surface area contributed by atoms with Crippen molar-refractivity contribution in [3.05, 3.63) is 52.5 Å². The molecule has 2 rings (SSSR count). The Hall–Kier alpha value is -3.27. The Kier molecular flexibility index (Phi) is 7.28. The van der Waals surface area contributed by atoms with Crippen LogP contribution in [0.1, 0.15) is 22.8 Å². The number of carbonyl (C=O) groups is 3. The van der Waals surface area contributed by atoms with Gasteiger partial charge in [0.2, 0.25) is 0 Å². The van der Waals surface area contributed by atoms with Crippen molar-refractivity contribution in [2.24, 2.45) is 0 Å². The summed E-state index contributed by atoms with van der Waals surface area (Å²) in [6.07, 6.45) is -5.98. The highest BCUT2D eigenvalue weighted by Gasteiger charge is 2.35. The minimum Gasteiger partial charge on any atom is -0.465 e. The van der Waals surface area contributed by atoms with Gasteiger partial charge in [-0.2, -0.15) is 13.2 Å². The normalized spacial score (nSPS) is 10.9. The van der Waals surface area contributed by atoms with E-state index in [-0.39, 0.29) is 11.3 Å². The zero-order valence-electron chi connectivity index (χ0n) is 15.7. The largest absolute Gasteiger partial charge is 0.465 e. The Morgan fingerprint density at radius 2 is 1.70 bits per heavy atom. The number of Topliss-reactive ketones (excluding diaryl/α,β-unsaturated/α-hetero) is 1. The quantitative estimate of drug-likeness (QED) is 0.624. The lowest BCUT2D eigenvalue weighted by molar-refractivity contribution is -0.137. The number of methoxy groups -OCH3 is 1. The maximum atomic E-state index is 13.5. The van der Waals surface area contributed by atoms with Crippen LogP contribution in [0.5, 0.6) is 5.75 Å². The lowest BCUT2D eigenvalue weighted by Crippen LogP contribution is -2.21. The van der Waals surface area contributed by atoms with E-state index in [4.69, 9.17) is 16.3 Å². The summed E-state index contributed by atoms with van der Waals surface area (Å²) in [5, 5.41) is 4.82. The van der Waals surface area contributed by atoms with Gasteiger partial charge in [-0.05, 0) is 43.3 Å². The van der Waals surface area contributed by atoms with Gasteiger partial charge in [0.05, 0.1) is 30.5 Å². The first kappa shape index (κ1) is 23.0. The third-order valence-corrected chi connectivity index (χ3v) is 3.91. The second kappa shape index (κ2) is 9.49. The fourth-order valence-electron chi connectivity index (χ4n) is 2.33. The van der Waals surface area contributed by atoms with Crippen molar-refractivity contribution < 1.29 is 37.0 Å². The van der Waals surface area contributed by atoms with E-state index in [9.17, 15) is 27.6 Å². The molecule has 2 aromatic carbocycles. The van der Waals surface area contributed by atoms with Gasteiger partial charge in [0.15, 0.2) is 0 Å². The number of nitrogens with one attached hydrogen (secondary N) is 2. The van der Waals surface area contributed by atoms with Crippen molar-refractivity contribution in [2.45, 2.75) is 13.1 Å². The molecule has 0 saturated carbocycles. The average Bonchev–Trinajstić information content (AvgIpc) is 2.67. The van der Waals surface area contributed by atoms with Crippen molar-refractivity contribution in [3.63, 3.8) is 0 Å². The van der Waals surface area contributed by atoms with E-state index in [0.717, 1.165) is 13.2 Å². The standard InChI is InChI=1S/C19H16ClF3N2O5/c1-10(26)9-24-16-7-13(17(27)29-2)15(8-14(16)19(21,22)23)25-18(28)30-12-5-3-11(20)4-6-12/h3-8,24H,9H2,1-2H3,(H,25,28). The van der Waals surface area contributed by atoms with E-state index in [1.54, 1.807) is 0 Å². The number of amides is 1. The smallest absolute Gasteiger partial charge is 0.418 e. The van der Waals surface area contributed by atoms with Crippen LogP contribution in [0.3, 0.4) is 0 Å². The molecule has 160 valence electrons. The number of benzene rings is 2. The maximum absolute atomic E-state index is 13.5. The van der Waals surface area contributed by atoms with Crippen molar-refractivity contribution in [1.29, 1.82) is 0 Å². The first-order valence-electron chi connectivity index (χ1n) is 8.32. The van der Waals surface area contributed by atoms with Crippen LogP contribution in [0.15, 0.2) is 36.4 Å². The number of ether oxygens (including phenoxy) is 2. The predicted molar refractivity (Wildman–Crippen MR) is 103 cm³/mol. The number of alkyl halides is 3. The van der Waals surface area contributed by atoms with Gasteiger partial charge in [0.1, 0.15) is 11.5 Å². The van der Waals surface area contributed by atoms with E-state index in [1.165, 1.54) is 31.2 Å². The van der Waals surface area contributed by atoms with Crippen molar-refractivity contribution in [1.82, 2.24) is 0 Å². The predicted octanol–water partition coefficient (Wildman–Crippen LogP) is 4.76. The van der Waals surface area contributed by atoms with Crippen LogP contribution in [-0.4, -0.2) is 31.5 Å². The zero-order chi connectivity index (χ0) is 22.5. The molecule has 0 aliphatic carbocycles. The van der Waals surface area contributed by atoms with Gasteiger partial charge in [-0.25, -0.2) is 9.59 Å². The molecule has 1 amide bonds. The summed E-state index contributed by atoms with van der Waals surface area (Å²) >= 11 is 5.73. The van der Waals surface area contributed by atoms with Crippen LogP contribution in [0.4, 0.5) is 29.3 Å². The van der Waals surface area contributed by atoms with E-state index in [1.807, 2.05) is 0 Å². The molecule has 0 fully saturated rings. The molecule has 2 N–H and O–H groups in total. The summed E-state index contributed by atoms with van der Waals surface area (Å²) in [6.45, 7) is 0.791. The minimum atomic E-state index is -4.84. The number of rotatable bonds is 6.